The zero-order valence-corrected chi connectivity index (χ0v) is 28.8. The minimum atomic E-state index is -1.49. The van der Waals surface area contributed by atoms with E-state index in [1.54, 1.807) is 0 Å². The predicted molar refractivity (Wildman–Crippen MR) is 165 cm³/mol. The van der Waals surface area contributed by atoms with Crippen LogP contribution in [0.4, 0.5) is 0 Å². The minimum Gasteiger partial charge on any atom is -0.415 e. The summed E-state index contributed by atoms with van der Waals surface area (Å²) in [6.07, 6.45) is 17.5. The van der Waals surface area contributed by atoms with E-state index < -0.39 is 16.6 Å². The zero-order chi connectivity index (χ0) is 27.4. The van der Waals surface area contributed by atoms with Crippen molar-refractivity contribution in [2.45, 2.75) is 163 Å². The van der Waals surface area contributed by atoms with Crippen LogP contribution in [0.3, 0.4) is 0 Å². The molecule has 0 heterocycles. The van der Waals surface area contributed by atoms with Gasteiger partial charge in [-0.25, -0.2) is 0 Å². The summed E-state index contributed by atoms with van der Waals surface area (Å²) in [6, 6.07) is 0. The van der Waals surface area contributed by atoms with Gasteiger partial charge in [-0.2, -0.15) is 0 Å². The molecular formula is C33H64O2Si2. The lowest BCUT2D eigenvalue weighted by molar-refractivity contribution is -0.127. The smallest absolute Gasteiger partial charge is 0.184 e. The van der Waals surface area contributed by atoms with E-state index >= 15 is 0 Å². The van der Waals surface area contributed by atoms with Gasteiger partial charge in [-0.3, -0.25) is 0 Å². The second-order valence-corrected chi connectivity index (χ2v) is 26.2. The molecule has 7 unspecified atom stereocenters. The van der Waals surface area contributed by atoms with Crippen molar-refractivity contribution in [3.63, 3.8) is 0 Å². The van der Waals surface area contributed by atoms with Crippen LogP contribution < -0.4 is 0 Å². The van der Waals surface area contributed by atoms with E-state index in [-0.39, 0.29) is 5.60 Å². The highest BCUT2D eigenvalue weighted by Gasteiger charge is 2.60. The van der Waals surface area contributed by atoms with Crippen molar-refractivity contribution in [2.75, 3.05) is 0 Å². The highest BCUT2D eigenvalue weighted by Crippen LogP contribution is 2.68. The molecule has 0 radical (unpaired) electrons. The van der Waals surface area contributed by atoms with Crippen LogP contribution in [0, 0.1) is 46.3 Å². The van der Waals surface area contributed by atoms with Crippen molar-refractivity contribution in [3.05, 3.63) is 0 Å². The van der Waals surface area contributed by atoms with Crippen LogP contribution in [0.25, 0.3) is 0 Å². The van der Waals surface area contributed by atoms with Gasteiger partial charge in [0.1, 0.15) is 0 Å². The molecule has 0 aliphatic heterocycles. The number of fused-ring (bicyclic) bond motifs is 5. The summed E-state index contributed by atoms with van der Waals surface area (Å²) in [5.41, 5.74) is 1.21. The Hall–Kier alpha value is 0.354. The normalized spacial score (nSPS) is 41.6. The maximum atomic E-state index is 6.64. The first kappa shape index (κ1) is 30.3. The molecule has 2 nitrogen and oxygen atoms in total. The third kappa shape index (κ3) is 6.64. The van der Waals surface area contributed by atoms with Crippen molar-refractivity contribution in [1.29, 1.82) is 0 Å². The topological polar surface area (TPSA) is 18.5 Å². The Labute approximate surface area is 234 Å². The van der Waals surface area contributed by atoms with Gasteiger partial charge in [0.05, 0.1) is 5.60 Å². The van der Waals surface area contributed by atoms with Crippen LogP contribution in [0.5, 0.6) is 0 Å². The van der Waals surface area contributed by atoms with Gasteiger partial charge in [-0.1, -0.05) is 33.6 Å². The lowest BCUT2D eigenvalue weighted by Gasteiger charge is -2.61. The fraction of sp³-hybridized carbons (Fsp3) is 1.00. The Balaban J connectivity index is 1.36. The number of rotatable bonds is 9. The van der Waals surface area contributed by atoms with E-state index in [0.29, 0.717) is 16.9 Å². The number of hydrogen-bond donors (Lipinski definition) is 0. The molecular weight excluding hydrogens is 485 g/mol. The minimum absolute atomic E-state index is 0.0392. The molecule has 4 saturated carbocycles. The second-order valence-electron chi connectivity index (χ2n) is 17.4. The third-order valence-corrected chi connectivity index (χ3v) is 14.1. The fourth-order valence-electron chi connectivity index (χ4n) is 10.7. The van der Waals surface area contributed by atoms with Crippen LogP contribution in [-0.2, 0) is 8.85 Å². The van der Waals surface area contributed by atoms with Gasteiger partial charge in [0.25, 0.3) is 0 Å². The molecule has 0 aromatic carbocycles. The van der Waals surface area contributed by atoms with E-state index in [4.69, 9.17) is 8.85 Å². The lowest BCUT2D eigenvalue weighted by atomic mass is 9.44. The zero-order valence-electron chi connectivity index (χ0n) is 26.8. The summed E-state index contributed by atoms with van der Waals surface area (Å²) in [5, 5.41) is 0. The molecule has 4 aliphatic rings. The average Bonchev–Trinajstić information content (AvgIpc) is 3.08. The molecule has 0 aromatic heterocycles. The van der Waals surface area contributed by atoms with Crippen LogP contribution in [-0.4, -0.2) is 28.3 Å². The van der Waals surface area contributed by atoms with Crippen molar-refractivity contribution < 1.29 is 8.85 Å². The Kier molecular flexibility index (Phi) is 8.72. The molecule has 4 aliphatic carbocycles. The molecule has 0 amide bonds. The second kappa shape index (κ2) is 10.6. The predicted octanol–water partition coefficient (Wildman–Crippen LogP) is 10.3. The van der Waals surface area contributed by atoms with E-state index in [1.807, 2.05) is 0 Å². The van der Waals surface area contributed by atoms with E-state index in [0.717, 1.165) is 35.5 Å². The van der Waals surface area contributed by atoms with Gasteiger partial charge in [0.15, 0.2) is 16.6 Å². The summed E-state index contributed by atoms with van der Waals surface area (Å²) < 4.78 is 13.2. The summed E-state index contributed by atoms with van der Waals surface area (Å²) in [5.74, 6) is 5.66. The largest absolute Gasteiger partial charge is 0.415 e. The van der Waals surface area contributed by atoms with Gasteiger partial charge < -0.3 is 8.85 Å². The van der Waals surface area contributed by atoms with E-state index in [2.05, 4.69) is 73.9 Å². The first-order chi connectivity index (χ1) is 16.9. The Morgan fingerprint density at radius 3 is 2.11 bits per heavy atom. The summed E-state index contributed by atoms with van der Waals surface area (Å²) >= 11 is 0. The highest BCUT2D eigenvalue weighted by atomic mass is 28.4. The van der Waals surface area contributed by atoms with E-state index in [1.165, 1.54) is 77.0 Å². The highest BCUT2D eigenvalue weighted by molar-refractivity contribution is 6.70. The monoisotopic (exact) mass is 548 g/mol. The molecule has 0 spiro atoms. The van der Waals surface area contributed by atoms with Crippen LogP contribution >= 0.6 is 0 Å². The van der Waals surface area contributed by atoms with Crippen molar-refractivity contribution in [1.82, 2.24) is 0 Å². The third-order valence-electron chi connectivity index (χ3n) is 11.9. The Bertz CT molecular complexity index is 782. The average molecular weight is 549 g/mol. The van der Waals surface area contributed by atoms with Gasteiger partial charge in [-0.15, -0.1) is 0 Å². The Morgan fingerprint density at radius 2 is 1.46 bits per heavy atom. The SMILES string of the molecule is CC(CCCC(C)(C)O[Si](C)(C)C)C1CCC2C3CC[C@H]4C[C@@H](O[Si](C)(C)C)CCC4(C)C3CCC12C. The summed E-state index contributed by atoms with van der Waals surface area (Å²) in [6.45, 7) is 26.8. The standard InChI is InChI=1S/C33H64O2Si2/c1-24(13-12-20-31(2,3)35-37(9,10)11)28-16-17-29-27-15-14-25-23-26(34-36(6,7)8)18-21-32(25,4)30(27)19-22-33(28,29)5/h24-30H,12-23H2,1-11H3/t24?,25-,26-,27?,28?,29?,30?,32?,33?/m0/s1. The molecule has 0 bridgehead atoms. The molecule has 216 valence electrons. The quantitative estimate of drug-likeness (QED) is 0.267. The molecule has 4 heteroatoms. The fourth-order valence-corrected chi connectivity index (χ4v) is 13.7. The first-order valence-corrected chi connectivity index (χ1v) is 23.1. The van der Waals surface area contributed by atoms with Crippen LogP contribution in [0.15, 0.2) is 0 Å². The molecule has 0 aromatic rings. The summed E-state index contributed by atoms with van der Waals surface area (Å²) in [4.78, 5) is 0. The molecule has 4 fully saturated rings. The van der Waals surface area contributed by atoms with Crippen molar-refractivity contribution in [2.24, 2.45) is 46.3 Å². The van der Waals surface area contributed by atoms with E-state index in [9.17, 15) is 0 Å². The van der Waals surface area contributed by atoms with Crippen LogP contribution in [0.1, 0.15) is 112 Å². The molecule has 0 N–H and O–H groups in total. The molecule has 0 saturated heterocycles. The maximum Gasteiger partial charge on any atom is 0.184 e. The number of hydrogen-bond acceptors (Lipinski definition) is 2. The first-order valence-electron chi connectivity index (χ1n) is 16.3. The van der Waals surface area contributed by atoms with Gasteiger partial charge >= 0.3 is 0 Å². The molecule has 9 atom stereocenters. The van der Waals surface area contributed by atoms with Gasteiger partial charge in [-0.05, 0) is 164 Å². The van der Waals surface area contributed by atoms with Gasteiger partial charge in [0, 0.05) is 6.10 Å². The van der Waals surface area contributed by atoms with Gasteiger partial charge in [0.2, 0.25) is 0 Å². The maximum absolute atomic E-state index is 6.64. The molecule has 37 heavy (non-hydrogen) atoms. The lowest BCUT2D eigenvalue weighted by Crippen LogP contribution is -2.54. The molecule has 4 rings (SSSR count). The van der Waals surface area contributed by atoms with Crippen molar-refractivity contribution >= 4 is 16.6 Å². The summed E-state index contributed by atoms with van der Waals surface area (Å²) in [7, 11) is -2.93. The van der Waals surface area contributed by atoms with Crippen LogP contribution in [0.2, 0.25) is 39.3 Å². The van der Waals surface area contributed by atoms with Crippen molar-refractivity contribution in [3.8, 4) is 0 Å². The Morgan fingerprint density at radius 1 is 0.811 bits per heavy atom.